The number of aromatic nitrogens is 3. The van der Waals surface area contributed by atoms with Gasteiger partial charge in [0.25, 0.3) is 0 Å². The molecule has 120 valence electrons. The molecule has 0 bridgehead atoms. The third-order valence-corrected chi connectivity index (χ3v) is 4.59. The summed E-state index contributed by atoms with van der Waals surface area (Å²) in [5, 5.41) is 4.36. The van der Waals surface area contributed by atoms with Crippen molar-refractivity contribution >= 4 is 10.8 Å². The molecule has 3 aromatic rings. The van der Waals surface area contributed by atoms with E-state index < -0.39 is 10.8 Å². The summed E-state index contributed by atoms with van der Waals surface area (Å²) in [6.07, 6.45) is 1.76. The van der Waals surface area contributed by atoms with E-state index in [0.29, 0.717) is 17.3 Å². The molecule has 0 N–H and O–H groups in total. The van der Waals surface area contributed by atoms with Crippen LogP contribution >= 0.6 is 0 Å². The first-order valence-electron chi connectivity index (χ1n) is 7.09. The Kier molecular flexibility index (Phi) is 4.38. The fraction of sp³-hybridized carbons (Fsp3) is 0.250. The number of nitrogens with zero attached hydrogens (tertiary/aromatic N) is 3. The van der Waals surface area contributed by atoms with Crippen LogP contribution in [0.2, 0.25) is 0 Å². The second-order valence-corrected chi connectivity index (χ2v) is 6.66. The van der Waals surface area contributed by atoms with Crippen LogP contribution in [0.4, 0.5) is 4.39 Å². The van der Waals surface area contributed by atoms with Crippen molar-refractivity contribution in [3.8, 4) is 5.69 Å². The van der Waals surface area contributed by atoms with Crippen LogP contribution in [0.25, 0.3) is 5.69 Å². The zero-order valence-electron chi connectivity index (χ0n) is 12.8. The van der Waals surface area contributed by atoms with Crippen molar-refractivity contribution in [1.82, 2.24) is 14.8 Å². The third kappa shape index (κ3) is 3.73. The van der Waals surface area contributed by atoms with Gasteiger partial charge in [-0.2, -0.15) is 5.10 Å². The maximum Gasteiger partial charge on any atom is 0.207 e. The molecule has 0 radical (unpaired) electrons. The lowest BCUT2D eigenvalue weighted by Gasteiger charge is -2.00. The van der Waals surface area contributed by atoms with Crippen molar-refractivity contribution in [3.63, 3.8) is 0 Å². The highest BCUT2D eigenvalue weighted by molar-refractivity contribution is 7.83. The molecule has 0 saturated carbocycles. The Morgan fingerprint density at radius 3 is 2.57 bits per heavy atom. The lowest BCUT2D eigenvalue weighted by molar-refractivity contribution is 0.487. The van der Waals surface area contributed by atoms with E-state index in [0.717, 1.165) is 17.1 Å². The van der Waals surface area contributed by atoms with Crippen molar-refractivity contribution in [1.29, 1.82) is 0 Å². The molecule has 0 amide bonds. The minimum Gasteiger partial charge on any atom is -0.445 e. The molecule has 7 heteroatoms. The molecule has 0 saturated heterocycles. The lowest BCUT2D eigenvalue weighted by Crippen LogP contribution is -2.02. The third-order valence-electron chi connectivity index (χ3n) is 3.40. The van der Waals surface area contributed by atoms with Crippen LogP contribution in [0.3, 0.4) is 0 Å². The highest BCUT2D eigenvalue weighted by Crippen LogP contribution is 2.13. The second-order valence-electron chi connectivity index (χ2n) is 5.21. The molecule has 0 aliphatic rings. The number of oxazole rings is 1. The van der Waals surface area contributed by atoms with Gasteiger partial charge in [-0.15, -0.1) is 0 Å². The van der Waals surface area contributed by atoms with Gasteiger partial charge in [0.15, 0.2) is 0 Å². The van der Waals surface area contributed by atoms with Crippen LogP contribution in [0, 0.1) is 19.7 Å². The summed E-state index contributed by atoms with van der Waals surface area (Å²) >= 11 is 0. The van der Waals surface area contributed by atoms with Gasteiger partial charge in [-0.25, -0.2) is 14.1 Å². The first-order chi connectivity index (χ1) is 11.0. The molecule has 0 fully saturated rings. The average molecular weight is 333 g/mol. The van der Waals surface area contributed by atoms with E-state index in [1.807, 2.05) is 13.8 Å². The maximum atomic E-state index is 12.9. The monoisotopic (exact) mass is 333 g/mol. The van der Waals surface area contributed by atoms with E-state index in [1.165, 1.54) is 12.1 Å². The van der Waals surface area contributed by atoms with E-state index in [1.54, 1.807) is 29.1 Å². The minimum absolute atomic E-state index is 0.262. The average Bonchev–Trinajstić information content (AvgIpc) is 3.07. The van der Waals surface area contributed by atoms with E-state index >= 15 is 0 Å². The number of hydrogen-bond acceptors (Lipinski definition) is 4. The molecule has 23 heavy (non-hydrogen) atoms. The summed E-state index contributed by atoms with van der Waals surface area (Å²) in [5.74, 6) is 1.51. The van der Waals surface area contributed by atoms with Gasteiger partial charge in [0.05, 0.1) is 22.8 Å². The molecule has 0 aliphatic carbocycles. The topological polar surface area (TPSA) is 60.9 Å². The van der Waals surface area contributed by atoms with Crippen LogP contribution in [0.5, 0.6) is 0 Å². The number of halogens is 1. The molecule has 0 spiro atoms. The Balaban J connectivity index is 1.66. The molecule has 2 aromatic heterocycles. The van der Waals surface area contributed by atoms with Crippen molar-refractivity contribution in [2.45, 2.75) is 25.4 Å². The molecule has 0 aliphatic heterocycles. The fourth-order valence-electron chi connectivity index (χ4n) is 2.13. The van der Waals surface area contributed by atoms with Gasteiger partial charge in [-0.1, -0.05) is 0 Å². The summed E-state index contributed by atoms with van der Waals surface area (Å²) in [6, 6.07) is 7.83. The molecule has 2 heterocycles. The first-order valence-corrected chi connectivity index (χ1v) is 8.58. The Labute approximate surface area is 135 Å². The van der Waals surface area contributed by atoms with Crippen molar-refractivity contribution in [2.24, 2.45) is 0 Å². The van der Waals surface area contributed by atoms with Crippen LogP contribution in [0.15, 0.2) is 40.9 Å². The first kappa shape index (κ1) is 15.6. The normalized spacial score (nSPS) is 12.5. The zero-order chi connectivity index (χ0) is 16.4. The maximum absolute atomic E-state index is 12.9. The Bertz CT molecular complexity index is 820. The summed E-state index contributed by atoms with van der Waals surface area (Å²) in [7, 11) is -1.16. The lowest BCUT2D eigenvalue weighted by atomic mass is 10.3. The number of aryl methyl sites for hydroxylation is 2. The largest absolute Gasteiger partial charge is 0.445 e. The van der Waals surface area contributed by atoms with Crippen molar-refractivity contribution < 1.29 is 13.0 Å². The predicted octanol–water partition coefficient (Wildman–Crippen LogP) is 3.07. The molecular formula is C16H16FN3O2S. The molecule has 1 atom stereocenters. The Hall–Kier alpha value is -2.28. The molecule has 3 rings (SSSR count). The molecular weight excluding hydrogens is 317 g/mol. The highest BCUT2D eigenvalue weighted by atomic mass is 32.2. The molecule has 1 unspecified atom stereocenters. The quantitative estimate of drug-likeness (QED) is 0.720. The van der Waals surface area contributed by atoms with Crippen LogP contribution in [0.1, 0.15) is 23.0 Å². The van der Waals surface area contributed by atoms with Crippen molar-refractivity contribution in [3.05, 3.63) is 65.4 Å². The van der Waals surface area contributed by atoms with Gasteiger partial charge < -0.3 is 4.42 Å². The van der Waals surface area contributed by atoms with Gasteiger partial charge in [0.1, 0.15) is 17.3 Å². The predicted molar refractivity (Wildman–Crippen MR) is 85.0 cm³/mol. The van der Waals surface area contributed by atoms with Crippen LogP contribution in [-0.2, 0) is 22.3 Å². The van der Waals surface area contributed by atoms with Gasteiger partial charge >= 0.3 is 0 Å². The van der Waals surface area contributed by atoms with Gasteiger partial charge in [-0.3, -0.25) is 4.21 Å². The molecule has 5 nitrogen and oxygen atoms in total. The van der Waals surface area contributed by atoms with E-state index in [2.05, 4.69) is 10.1 Å². The van der Waals surface area contributed by atoms with E-state index in [4.69, 9.17) is 4.42 Å². The van der Waals surface area contributed by atoms with E-state index in [9.17, 15) is 8.60 Å². The number of hydrogen-bond donors (Lipinski definition) is 0. The second kappa shape index (κ2) is 6.45. The number of benzene rings is 1. The molecule has 1 aromatic carbocycles. The smallest absolute Gasteiger partial charge is 0.207 e. The van der Waals surface area contributed by atoms with Gasteiger partial charge in [-0.05, 0) is 44.2 Å². The van der Waals surface area contributed by atoms with E-state index in [-0.39, 0.29) is 11.6 Å². The van der Waals surface area contributed by atoms with Gasteiger partial charge in [0.2, 0.25) is 5.89 Å². The standard InChI is InChI=1S/C16H16FN3O2S/c1-11-12(2)22-16(18-11)10-23(21)9-14-7-8-20(19-14)15-5-3-13(17)4-6-15/h3-8H,9-10H2,1-2H3. The van der Waals surface area contributed by atoms with Crippen LogP contribution < -0.4 is 0 Å². The Morgan fingerprint density at radius 1 is 1.17 bits per heavy atom. The van der Waals surface area contributed by atoms with Crippen LogP contribution in [-0.4, -0.2) is 19.0 Å². The number of rotatable bonds is 5. The summed E-state index contributed by atoms with van der Waals surface area (Å²) in [4.78, 5) is 4.23. The fourth-order valence-corrected chi connectivity index (χ4v) is 3.12. The highest BCUT2D eigenvalue weighted by Gasteiger charge is 2.12. The SMILES string of the molecule is Cc1nc(CS(=O)Cc2ccn(-c3ccc(F)cc3)n2)oc1C. The summed E-state index contributed by atoms with van der Waals surface area (Å²) < 4.78 is 32.2. The Morgan fingerprint density at radius 2 is 1.91 bits per heavy atom. The zero-order valence-corrected chi connectivity index (χ0v) is 13.6. The minimum atomic E-state index is -1.16. The summed E-state index contributed by atoms with van der Waals surface area (Å²) in [5.41, 5.74) is 2.27. The van der Waals surface area contributed by atoms with Gasteiger partial charge in [0, 0.05) is 17.0 Å². The van der Waals surface area contributed by atoms with Crippen molar-refractivity contribution in [2.75, 3.05) is 0 Å². The summed E-state index contributed by atoms with van der Waals surface area (Å²) in [6.45, 7) is 3.69.